The Kier molecular flexibility index (Phi) is 4.66. The lowest BCUT2D eigenvalue weighted by molar-refractivity contribution is -0.124. The molecule has 1 aromatic rings. The van der Waals surface area contributed by atoms with Gasteiger partial charge in [-0.2, -0.15) is 0 Å². The molecule has 6 heteroatoms. The van der Waals surface area contributed by atoms with E-state index in [1.54, 1.807) is 28.9 Å². The SMILES string of the molecule is CC1C(=O)N(c2ccc(Cl)cc2)CCN1C(=O)NC(C)(C)C. The lowest BCUT2D eigenvalue weighted by atomic mass is 10.1. The van der Waals surface area contributed by atoms with Crippen molar-refractivity contribution in [1.29, 1.82) is 0 Å². The molecule has 3 amide bonds. The monoisotopic (exact) mass is 323 g/mol. The van der Waals surface area contributed by atoms with Crippen LogP contribution in [-0.2, 0) is 4.79 Å². The summed E-state index contributed by atoms with van der Waals surface area (Å²) in [5, 5.41) is 3.53. The minimum atomic E-state index is -0.494. The van der Waals surface area contributed by atoms with Crippen molar-refractivity contribution in [3.63, 3.8) is 0 Å². The Labute approximate surface area is 136 Å². The summed E-state index contributed by atoms with van der Waals surface area (Å²) >= 11 is 5.88. The molecular weight excluding hydrogens is 302 g/mol. The van der Waals surface area contributed by atoms with Gasteiger partial charge in [0.15, 0.2) is 0 Å². The normalized spacial score (nSPS) is 19.3. The molecule has 1 N–H and O–H groups in total. The van der Waals surface area contributed by atoms with Crippen molar-refractivity contribution in [2.24, 2.45) is 0 Å². The number of benzene rings is 1. The van der Waals surface area contributed by atoms with Crippen LogP contribution in [0.2, 0.25) is 5.02 Å². The van der Waals surface area contributed by atoms with Crippen LogP contribution in [0, 0.1) is 0 Å². The largest absolute Gasteiger partial charge is 0.333 e. The lowest BCUT2D eigenvalue weighted by Crippen LogP contribution is -2.61. The average Bonchev–Trinajstić information content (AvgIpc) is 2.41. The highest BCUT2D eigenvalue weighted by Crippen LogP contribution is 2.22. The van der Waals surface area contributed by atoms with E-state index in [-0.39, 0.29) is 17.5 Å². The molecule has 120 valence electrons. The molecule has 1 saturated heterocycles. The standard InChI is InChI=1S/C16H22ClN3O2/c1-11-14(21)20(13-7-5-12(17)6-8-13)10-9-19(11)15(22)18-16(2,3)4/h5-8,11H,9-10H2,1-4H3,(H,18,22). The van der Waals surface area contributed by atoms with Gasteiger partial charge in [-0.1, -0.05) is 11.6 Å². The van der Waals surface area contributed by atoms with Crippen molar-refractivity contribution in [2.75, 3.05) is 18.0 Å². The Hall–Kier alpha value is -1.75. The molecule has 1 unspecified atom stereocenters. The first-order valence-corrected chi connectivity index (χ1v) is 7.72. The first-order chi connectivity index (χ1) is 10.2. The predicted molar refractivity (Wildman–Crippen MR) is 88.3 cm³/mol. The number of hydrogen-bond acceptors (Lipinski definition) is 2. The lowest BCUT2D eigenvalue weighted by Gasteiger charge is -2.40. The van der Waals surface area contributed by atoms with E-state index in [1.165, 1.54) is 0 Å². The van der Waals surface area contributed by atoms with E-state index >= 15 is 0 Å². The van der Waals surface area contributed by atoms with Crippen LogP contribution in [0.3, 0.4) is 0 Å². The van der Waals surface area contributed by atoms with Crippen LogP contribution in [0.1, 0.15) is 27.7 Å². The van der Waals surface area contributed by atoms with E-state index in [1.807, 2.05) is 32.9 Å². The molecule has 0 radical (unpaired) electrons. The van der Waals surface area contributed by atoms with Gasteiger partial charge in [0.1, 0.15) is 6.04 Å². The maximum absolute atomic E-state index is 12.6. The van der Waals surface area contributed by atoms with Crippen LogP contribution < -0.4 is 10.2 Å². The number of nitrogens with zero attached hydrogens (tertiary/aromatic N) is 2. The Morgan fingerprint density at radius 1 is 1.23 bits per heavy atom. The van der Waals surface area contributed by atoms with E-state index < -0.39 is 6.04 Å². The maximum atomic E-state index is 12.6. The molecule has 1 aliphatic heterocycles. The van der Waals surface area contributed by atoms with Crippen molar-refractivity contribution < 1.29 is 9.59 Å². The second kappa shape index (κ2) is 6.16. The highest BCUT2D eigenvalue weighted by Gasteiger charge is 2.35. The van der Waals surface area contributed by atoms with Gasteiger partial charge in [-0.25, -0.2) is 4.79 Å². The molecule has 0 bridgehead atoms. The third-order valence-electron chi connectivity index (χ3n) is 3.54. The number of halogens is 1. The summed E-state index contributed by atoms with van der Waals surface area (Å²) < 4.78 is 0. The Balaban J connectivity index is 2.11. The smallest absolute Gasteiger partial charge is 0.318 e. The first kappa shape index (κ1) is 16.6. The van der Waals surface area contributed by atoms with E-state index in [0.717, 1.165) is 5.69 Å². The molecule has 5 nitrogen and oxygen atoms in total. The summed E-state index contributed by atoms with van der Waals surface area (Å²) in [6.07, 6.45) is 0. The summed E-state index contributed by atoms with van der Waals surface area (Å²) in [4.78, 5) is 28.1. The van der Waals surface area contributed by atoms with Gasteiger partial charge < -0.3 is 15.1 Å². The van der Waals surface area contributed by atoms with Crippen LogP contribution in [-0.4, -0.2) is 41.5 Å². The van der Waals surface area contributed by atoms with Gasteiger partial charge in [0, 0.05) is 29.3 Å². The van der Waals surface area contributed by atoms with Gasteiger partial charge in [-0.15, -0.1) is 0 Å². The van der Waals surface area contributed by atoms with Crippen molar-refractivity contribution in [3.05, 3.63) is 29.3 Å². The molecule has 1 atom stereocenters. The molecule has 1 fully saturated rings. The van der Waals surface area contributed by atoms with Gasteiger partial charge >= 0.3 is 6.03 Å². The molecule has 0 saturated carbocycles. The summed E-state index contributed by atoms with van der Waals surface area (Å²) in [5.74, 6) is -0.0855. The average molecular weight is 324 g/mol. The summed E-state index contributed by atoms with van der Waals surface area (Å²) in [7, 11) is 0. The molecule has 2 rings (SSSR count). The topological polar surface area (TPSA) is 52.7 Å². The molecule has 0 aromatic heterocycles. The van der Waals surface area contributed by atoms with Crippen LogP contribution >= 0.6 is 11.6 Å². The predicted octanol–water partition coefficient (Wildman–Crippen LogP) is 2.89. The van der Waals surface area contributed by atoms with Gasteiger partial charge in [0.2, 0.25) is 5.91 Å². The number of amides is 3. The van der Waals surface area contributed by atoms with Crippen molar-refractivity contribution >= 4 is 29.2 Å². The van der Waals surface area contributed by atoms with Crippen LogP contribution in [0.4, 0.5) is 10.5 Å². The van der Waals surface area contributed by atoms with Gasteiger partial charge in [-0.3, -0.25) is 4.79 Å². The molecule has 1 aromatic carbocycles. The van der Waals surface area contributed by atoms with E-state index in [4.69, 9.17) is 11.6 Å². The molecule has 0 aliphatic carbocycles. The highest BCUT2D eigenvalue weighted by molar-refractivity contribution is 6.30. The van der Waals surface area contributed by atoms with Crippen molar-refractivity contribution in [3.8, 4) is 0 Å². The Morgan fingerprint density at radius 3 is 2.36 bits per heavy atom. The molecule has 0 spiro atoms. The van der Waals surface area contributed by atoms with Crippen LogP contribution in [0.15, 0.2) is 24.3 Å². The van der Waals surface area contributed by atoms with Crippen molar-refractivity contribution in [1.82, 2.24) is 10.2 Å². The Morgan fingerprint density at radius 2 is 1.82 bits per heavy atom. The maximum Gasteiger partial charge on any atom is 0.318 e. The molecule has 22 heavy (non-hydrogen) atoms. The van der Waals surface area contributed by atoms with Crippen LogP contribution in [0.25, 0.3) is 0 Å². The molecule has 1 aliphatic rings. The Bertz CT molecular complexity index is 566. The number of anilines is 1. The zero-order valence-electron chi connectivity index (χ0n) is 13.4. The van der Waals surface area contributed by atoms with E-state index in [9.17, 15) is 9.59 Å². The highest BCUT2D eigenvalue weighted by atomic mass is 35.5. The number of urea groups is 1. The quantitative estimate of drug-likeness (QED) is 0.864. The number of nitrogens with one attached hydrogen (secondary N) is 1. The fourth-order valence-corrected chi connectivity index (χ4v) is 2.54. The summed E-state index contributed by atoms with van der Waals surface area (Å²) in [5.41, 5.74) is 0.477. The van der Waals surface area contributed by atoms with Crippen molar-refractivity contribution in [2.45, 2.75) is 39.3 Å². The summed E-state index contributed by atoms with van der Waals surface area (Å²) in [6, 6.07) is 6.45. The fourth-order valence-electron chi connectivity index (χ4n) is 2.42. The number of piperazine rings is 1. The third-order valence-corrected chi connectivity index (χ3v) is 3.79. The minimum Gasteiger partial charge on any atom is -0.333 e. The zero-order valence-corrected chi connectivity index (χ0v) is 14.1. The molecular formula is C16H22ClN3O2. The summed E-state index contributed by atoms with van der Waals surface area (Å²) in [6.45, 7) is 8.48. The first-order valence-electron chi connectivity index (χ1n) is 7.35. The fraction of sp³-hybridized carbons (Fsp3) is 0.500. The minimum absolute atomic E-state index is 0.0855. The third kappa shape index (κ3) is 3.71. The second-order valence-electron chi connectivity index (χ2n) is 6.52. The number of rotatable bonds is 1. The zero-order chi connectivity index (χ0) is 16.5. The second-order valence-corrected chi connectivity index (χ2v) is 6.95. The number of hydrogen-bond donors (Lipinski definition) is 1. The van der Waals surface area contributed by atoms with E-state index in [2.05, 4.69) is 5.32 Å². The number of carbonyl (C=O) groups is 2. The van der Waals surface area contributed by atoms with E-state index in [0.29, 0.717) is 18.1 Å². The van der Waals surface area contributed by atoms with Crippen LogP contribution in [0.5, 0.6) is 0 Å². The van der Waals surface area contributed by atoms with Gasteiger partial charge in [0.05, 0.1) is 0 Å². The van der Waals surface area contributed by atoms with Gasteiger partial charge in [0.25, 0.3) is 0 Å². The number of carbonyl (C=O) groups excluding carboxylic acids is 2. The van der Waals surface area contributed by atoms with Gasteiger partial charge in [-0.05, 0) is 52.0 Å². The molecule has 1 heterocycles.